The van der Waals surface area contributed by atoms with E-state index in [1.165, 1.54) is 0 Å². The van der Waals surface area contributed by atoms with Gasteiger partial charge in [-0.25, -0.2) is 4.98 Å². The SMILES string of the molecule is CCCNc1cc(NC(CO)c2ccccc2)ccn1. The second-order valence-corrected chi connectivity index (χ2v) is 4.65. The summed E-state index contributed by atoms with van der Waals surface area (Å²) in [6, 6.07) is 13.7. The molecule has 106 valence electrons. The first-order valence-electron chi connectivity index (χ1n) is 6.95. The number of nitrogens with zero attached hydrogens (tertiary/aromatic N) is 1. The standard InChI is InChI=1S/C16H21N3O/c1-2-9-17-16-11-14(8-10-18-16)19-15(12-20)13-6-4-3-5-7-13/h3-8,10-11,15,20H,2,9,12H2,1H3,(H2,17,18,19). The zero-order valence-electron chi connectivity index (χ0n) is 11.7. The van der Waals surface area contributed by atoms with Crippen LogP contribution in [0.5, 0.6) is 0 Å². The van der Waals surface area contributed by atoms with Gasteiger partial charge in [-0.2, -0.15) is 0 Å². The molecule has 0 aliphatic carbocycles. The maximum absolute atomic E-state index is 9.56. The van der Waals surface area contributed by atoms with Gasteiger partial charge in [-0.15, -0.1) is 0 Å². The van der Waals surface area contributed by atoms with Crippen LogP contribution in [0.4, 0.5) is 11.5 Å². The van der Waals surface area contributed by atoms with Crippen LogP contribution in [0.2, 0.25) is 0 Å². The van der Waals surface area contributed by atoms with Crippen molar-refractivity contribution in [2.45, 2.75) is 19.4 Å². The molecule has 1 aromatic heterocycles. The minimum absolute atomic E-state index is 0.0457. The summed E-state index contributed by atoms with van der Waals surface area (Å²) in [5, 5.41) is 16.1. The second kappa shape index (κ2) is 7.50. The quantitative estimate of drug-likeness (QED) is 0.724. The highest BCUT2D eigenvalue weighted by molar-refractivity contribution is 5.53. The molecule has 3 N–H and O–H groups in total. The lowest BCUT2D eigenvalue weighted by atomic mass is 10.1. The van der Waals surface area contributed by atoms with Gasteiger partial charge in [0.05, 0.1) is 12.6 Å². The van der Waals surface area contributed by atoms with E-state index in [1.54, 1.807) is 6.20 Å². The van der Waals surface area contributed by atoms with Crippen molar-refractivity contribution in [3.8, 4) is 0 Å². The van der Waals surface area contributed by atoms with Crippen LogP contribution < -0.4 is 10.6 Å². The zero-order chi connectivity index (χ0) is 14.2. The Morgan fingerprint density at radius 2 is 2.00 bits per heavy atom. The summed E-state index contributed by atoms with van der Waals surface area (Å²) < 4.78 is 0. The van der Waals surface area contributed by atoms with Gasteiger partial charge in [0.2, 0.25) is 0 Å². The maximum Gasteiger partial charge on any atom is 0.127 e. The van der Waals surface area contributed by atoms with Crippen molar-refractivity contribution in [1.29, 1.82) is 0 Å². The number of aliphatic hydroxyl groups excluding tert-OH is 1. The third kappa shape index (κ3) is 3.96. The van der Waals surface area contributed by atoms with E-state index in [2.05, 4.69) is 22.5 Å². The minimum atomic E-state index is -0.113. The number of aromatic nitrogens is 1. The predicted molar refractivity (Wildman–Crippen MR) is 82.9 cm³/mol. The first-order chi connectivity index (χ1) is 9.83. The summed E-state index contributed by atoms with van der Waals surface area (Å²) >= 11 is 0. The Bertz CT molecular complexity index is 516. The van der Waals surface area contributed by atoms with Crippen LogP contribution in [0.15, 0.2) is 48.7 Å². The van der Waals surface area contributed by atoms with Crippen molar-refractivity contribution < 1.29 is 5.11 Å². The Morgan fingerprint density at radius 3 is 2.70 bits per heavy atom. The van der Waals surface area contributed by atoms with E-state index in [0.717, 1.165) is 30.0 Å². The summed E-state index contributed by atoms with van der Waals surface area (Å²) in [5.74, 6) is 0.849. The van der Waals surface area contributed by atoms with Gasteiger partial charge in [0.15, 0.2) is 0 Å². The lowest BCUT2D eigenvalue weighted by Gasteiger charge is -2.18. The first kappa shape index (κ1) is 14.3. The van der Waals surface area contributed by atoms with Crippen molar-refractivity contribution in [2.75, 3.05) is 23.8 Å². The molecule has 0 aliphatic rings. The molecule has 2 rings (SSSR count). The van der Waals surface area contributed by atoms with E-state index in [4.69, 9.17) is 0 Å². The zero-order valence-corrected chi connectivity index (χ0v) is 11.7. The molecule has 0 saturated carbocycles. The third-order valence-electron chi connectivity index (χ3n) is 3.04. The number of hydrogen-bond donors (Lipinski definition) is 3. The van der Waals surface area contributed by atoms with Gasteiger partial charge in [-0.05, 0) is 18.1 Å². The number of aliphatic hydroxyl groups is 1. The normalized spacial score (nSPS) is 11.9. The van der Waals surface area contributed by atoms with E-state index in [-0.39, 0.29) is 12.6 Å². The third-order valence-corrected chi connectivity index (χ3v) is 3.04. The molecule has 0 aliphatic heterocycles. The van der Waals surface area contributed by atoms with Crippen molar-refractivity contribution in [3.63, 3.8) is 0 Å². The molecule has 4 heteroatoms. The first-order valence-corrected chi connectivity index (χ1v) is 6.95. The van der Waals surface area contributed by atoms with Crippen molar-refractivity contribution in [1.82, 2.24) is 4.98 Å². The molecule has 1 aromatic carbocycles. The van der Waals surface area contributed by atoms with Crippen LogP contribution in [0.3, 0.4) is 0 Å². The van der Waals surface area contributed by atoms with E-state index in [0.29, 0.717) is 0 Å². The fraction of sp³-hybridized carbons (Fsp3) is 0.312. The number of hydrogen-bond acceptors (Lipinski definition) is 4. The molecule has 0 fully saturated rings. The van der Waals surface area contributed by atoms with Crippen LogP contribution in [0.25, 0.3) is 0 Å². The molecular weight excluding hydrogens is 250 g/mol. The fourth-order valence-corrected chi connectivity index (χ4v) is 1.99. The summed E-state index contributed by atoms with van der Waals surface area (Å²) in [6.07, 6.45) is 2.82. The van der Waals surface area contributed by atoms with Crippen molar-refractivity contribution in [3.05, 3.63) is 54.2 Å². The van der Waals surface area contributed by atoms with Gasteiger partial charge in [-0.1, -0.05) is 37.3 Å². The largest absolute Gasteiger partial charge is 0.394 e. The molecular formula is C16H21N3O. The van der Waals surface area contributed by atoms with E-state index >= 15 is 0 Å². The summed E-state index contributed by atoms with van der Waals surface area (Å²) in [4.78, 5) is 4.27. The molecule has 2 aromatic rings. The minimum Gasteiger partial charge on any atom is -0.394 e. The lowest BCUT2D eigenvalue weighted by Crippen LogP contribution is -2.15. The molecule has 1 atom stereocenters. The highest BCUT2D eigenvalue weighted by Crippen LogP contribution is 2.20. The van der Waals surface area contributed by atoms with E-state index in [1.807, 2.05) is 42.5 Å². The molecule has 0 saturated heterocycles. The van der Waals surface area contributed by atoms with Gasteiger partial charge in [-0.3, -0.25) is 0 Å². The average molecular weight is 271 g/mol. The molecule has 20 heavy (non-hydrogen) atoms. The maximum atomic E-state index is 9.56. The Kier molecular flexibility index (Phi) is 5.38. The van der Waals surface area contributed by atoms with Gasteiger partial charge in [0.25, 0.3) is 0 Å². The Morgan fingerprint density at radius 1 is 1.20 bits per heavy atom. The Labute approximate surface area is 119 Å². The van der Waals surface area contributed by atoms with Gasteiger partial charge >= 0.3 is 0 Å². The van der Waals surface area contributed by atoms with Crippen molar-refractivity contribution >= 4 is 11.5 Å². The highest BCUT2D eigenvalue weighted by atomic mass is 16.3. The van der Waals surface area contributed by atoms with Crippen LogP contribution in [0, 0.1) is 0 Å². The number of benzene rings is 1. The fourth-order valence-electron chi connectivity index (χ4n) is 1.99. The number of nitrogens with one attached hydrogen (secondary N) is 2. The van der Waals surface area contributed by atoms with Crippen LogP contribution in [-0.4, -0.2) is 23.2 Å². The van der Waals surface area contributed by atoms with E-state index in [9.17, 15) is 5.11 Å². The Hall–Kier alpha value is -2.07. The molecule has 1 unspecified atom stereocenters. The molecule has 0 amide bonds. The molecule has 0 spiro atoms. The van der Waals surface area contributed by atoms with Gasteiger partial charge < -0.3 is 15.7 Å². The molecule has 1 heterocycles. The summed E-state index contributed by atoms with van der Waals surface area (Å²) in [5.41, 5.74) is 2.01. The van der Waals surface area contributed by atoms with Crippen LogP contribution in [0.1, 0.15) is 24.9 Å². The van der Waals surface area contributed by atoms with Gasteiger partial charge in [0.1, 0.15) is 5.82 Å². The average Bonchev–Trinajstić information content (AvgIpc) is 2.52. The predicted octanol–water partition coefficient (Wildman–Crippen LogP) is 3.05. The van der Waals surface area contributed by atoms with Crippen LogP contribution >= 0.6 is 0 Å². The van der Waals surface area contributed by atoms with Crippen LogP contribution in [-0.2, 0) is 0 Å². The van der Waals surface area contributed by atoms with Gasteiger partial charge in [0, 0.05) is 24.5 Å². The van der Waals surface area contributed by atoms with E-state index < -0.39 is 0 Å². The topological polar surface area (TPSA) is 57.2 Å². The Balaban J connectivity index is 2.07. The monoisotopic (exact) mass is 271 g/mol. The second-order valence-electron chi connectivity index (χ2n) is 4.65. The lowest BCUT2D eigenvalue weighted by molar-refractivity contribution is 0.276. The highest BCUT2D eigenvalue weighted by Gasteiger charge is 2.09. The summed E-state index contributed by atoms with van der Waals surface area (Å²) in [6.45, 7) is 3.06. The number of pyridine rings is 1. The molecule has 4 nitrogen and oxygen atoms in total. The number of rotatable bonds is 7. The molecule has 0 bridgehead atoms. The van der Waals surface area contributed by atoms with Crippen molar-refractivity contribution in [2.24, 2.45) is 0 Å². The number of anilines is 2. The molecule has 0 radical (unpaired) electrons. The smallest absolute Gasteiger partial charge is 0.127 e. The summed E-state index contributed by atoms with van der Waals surface area (Å²) in [7, 11) is 0.